The first kappa shape index (κ1) is 12.5. The fourth-order valence-corrected chi connectivity index (χ4v) is 1.07. The zero-order chi connectivity index (χ0) is 11.8. The quantitative estimate of drug-likeness (QED) is 0.452. The molecule has 4 nitrogen and oxygen atoms in total. The lowest BCUT2D eigenvalue weighted by Gasteiger charge is -2.07. The Balaban J connectivity index is 2.29. The summed E-state index contributed by atoms with van der Waals surface area (Å²) in [6.07, 6.45) is 0. The molecule has 1 rings (SSSR count). The summed E-state index contributed by atoms with van der Waals surface area (Å²) in [5, 5.41) is 0. The van der Waals surface area contributed by atoms with E-state index in [4.69, 9.17) is 10.6 Å². The maximum atomic E-state index is 5.62. The number of hydroxylamine groups is 1. The van der Waals surface area contributed by atoms with Crippen molar-refractivity contribution in [1.29, 1.82) is 0 Å². The maximum absolute atomic E-state index is 5.62. The Bertz CT molecular complexity index is 322. The molecule has 0 atom stereocenters. The van der Waals surface area contributed by atoms with E-state index in [1.54, 1.807) is 0 Å². The molecule has 0 bridgehead atoms. The summed E-state index contributed by atoms with van der Waals surface area (Å²) in [6.45, 7) is 5.31. The van der Waals surface area contributed by atoms with Crippen LogP contribution in [-0.2, 0) is 11.4 Å². The third kappa shape index (κ3) is 5.36. The molecule has 1 aromatic carbocycles. The van der Waals surface area contributed by atoms with Gasteiger partial charge >= 0.3 is 0 Å². The van der Waals surface area contributed by atoms with Gasteiger partial charge in [0.25, 0.3) is 0 Å². The summed E-state index contributed by atoms with van der Waals surface area (Å²) in [7, 11) is 0. The summed E-state index contributed by atoms with van der Waals surface area (Å²) in [6, 6.07) is 9.94. The molecule has 0 fully saturated rings. The molecule has 0 aliphatic rings. The standard InChI is InChI=1S/C12H19N3O/c1-10(2)9-16-15-12(13)14-8-11-6-4-3-5-7-11/h3-7,10H,8-9H2,1-2H3,(H3,13,14,15). The molecule has 16 heavy (non-hydrogen) atoms. The number of nitrogens with zero attached hydrogens (tertiary/aromatic N) is 1. The van der Waals surface area contributed by atoms with Crippen molar-refractivity contribution in [2.45, 2.75) is 20.4 Å². The van der Waals surface area contributed by atoms with Crippen LogP contribution in [0.25, 0.3) is 0 Å². The van der Waals surface area contributed by atoms with Crippen LogP contribution in [0.2, 0.25) is 0 Å². The molecule has 1 aromatic rings. The van der Waals surface area contributed by atoms with Gasteiger partial charge in [0, 0.05) is 0 Å². The van der Waals surface area contributed by atoms with Gasteiger partial charge < -0.3 is 5.73 Å². The number of benzene rings is 1. The van der Waals surface area contributed by atoms with E-state index >= 15 is 0 Å². The molecule has 0 unspecified atom stereocenters. The average molecular weight is 221 g/mol. The van der Waals surface area contributed by atoms with Crippen LogP contribution >= 0.6 is 0 Å². The van der Waals surface area contributed by atoms with Crippen LogP contribution in [0.15, 0.2) is 35.3 Å². The monoisotopic (exact) mass is 221 g/mol. The van der Waals surface area contributed by atoms with Crippen molar-refractivity contribution < 1.29 is 4.84 Å². The maximum Gasteiger partial charge on any atom is 0.213 e. The van der Waals surface area contributed by atoms with Crippen molar-refractivity contribution in [3.63, 3.8) is 0 Å². The van der Waals surface area contributed by atoms with E-state index in [9.17, 15) is 0 Å². The Labute approximate surface area is 96.5 Å². The summed E-state index contributed by atoms with van der Waals surface area (Å²) in [5.41, 5.74) is 9.36. The Hall–Kier alpha value is -1.55. The molecule has 88 valence electrons. The Morgan fingerprint density at radius 3 is 2.69 bits per heavy atom. The molecular formula is C12H19N3O. The fourth-order valence-electron chi connectivity index (χ4n) is 1.07. The molecule has 0 aliphatic heterocycles. The predicted octanol–water partition coefficient (Wildman–Crippen LogP) is 1.68. The molecule has 4 heteroatoms. The van der Waals surface area contributed by atoms with Gasteiger partial charge in [0.05, 0.1) is 13.2 Å². The summed E-state index contributed by atoms with van der Waals surface area (Å²) in [5.74, 6) is 0.777. The lowest BCUT2D eigenvalue weighted by molar-refractivity contribution is 0.0631. The number of guanidine groups is 1. The van der Waals surface area contributed by atoms with E-state index in [2.05, 4.69) is 24.3 Å². The molecule has 0 saturated carbocycles. The van der Waals surface area contributed by atoms with Crippen LogP contribution in [0.3, 0.4) is 0 Å². The smallest absolute Gasteiger partial charge is 0.213 e. The van der Waals surface area contributed by atoms with Crippen molar-refractivity contribution in [1.82, 2.24) is 5.48 Å². The lowest BCUT2D eigenvalue weighted by Crippen LogP contribution is -2.32. The first-order valence-corrected chi connectivity index (χ1v) is 5.40. The fraction of sp³-hybridized carbons (Fsp3) is 0.417. The van der Waals surface area contributed by atoms with Crippen molar-refractivity contribution in [2.75, 3.05) is 6.61 Å². The Kier molecular flexibility index (Phi) is 5.36. The predicted molar refractivity (Wildman–Crippen MR) is 65.7 cm³/mol. The number of hydrogen-bond donors (Lipinski definition) is 2. The van der Waals surface area contributed by atoms with E-state index in [1.165, 1.54) is 0 Å². The largest absolute Gasteiger partial charge is 0.368 e. The van der Waals surface area contributed by atoms with Crippen LogP contribution in [0.4, 0.5) is 0 Å². The van der Waals surface area contributed by atoms with E-state index in [-0.39, 0.29) is 0 Å². The topological polar surface area (TPSA) is 59.6 Å². The van der Waals surface area contributed by atoms with Gasteiger partial charge in [-0.05, 0) is 11.5 Å². The van der Waals surface area contributed by atoms with E-state index in [0.717, 1.165) is 5.56 Å². The van der Waals surface area contributed by atoms with Gasteiger partial charge in [0.2, 0.25) is 5.96 Å². The molecular weight excluding hydrogens is 202 g/mol. The average Bonchev–Trinajstić information content (AvgIpc) is 2.27. The van der Waals surface area contributed by atoms with Gasteiger partial charge in [0.15, 0.2) is 0 Å². The zero-order valence-electron chi connectivity index (χ0n) is 9.81. The number of nitrogens with one attached hydrogen (secondary N) is 1. The number of hydrogen-bond acceptors (Lipinski definition) is 2. The van der Waals surface area contributed by atoms with E-state index in [1.807, 2.05) is 30.3 Å². The second-order valence-electron chi connectivity index (χ2n) is 3.99. The van der Waals surface area contributed by atoms with Crippen LogP contribution in [-0.4, -0.2) is 12.6 Å². The Morgan fingerprint density at radius 1 is 1.38 bits per heavy atom. The van der Waals surface area contributed by atoms with Crippen molar-refractivity contribution in [3.8, 4) is 0 Å². The molecule has 0 heterocycles. The minimum absolute atomic E-state index is 0.310. The molecule has 0 amide bonds. The van der Waals surface area contributed by atoms with Crippen LogP contribution in [0, 0.1) is 5.92 Å². The highest BCUT2D eigenvalue weighted by atomic mass is 16.6. The minimum atomic E-state index is 0.310. The van der Waals surface area contributed by atoms with Gasteiger partial charge in [-0.1, -0.05) is 44.2 Å². The van der Waals surface area contributed by atoms with Gasteiger partial charge in [0.1, 0.15) is 0 Å². The first-order chi connectivity index (χ1) is 7.68. The van der Waals surface area contributed by atoms with Gasteiger partial charge in [-0.25, -0.2) is 10.5 Å². The summed E-state index contributed by atoms with van der Waals surface area (Å²) >= 11 is 0. The van der Waals surface area contributed by atoms with Crippen LogP contribution in [0.1, 0.15) is 19.4 Å². The first-order valence-electron chi connectivity index (χ1n) is 5.40. The molecule has 0 spiro atoms. The highest BCUT2D eigenvalue weighted by molar-refractivity contribution is 5.76. The SMILES string of the molecule is CC(C)CONC(N)=NCc1ccccc1. The molecule has 3 N–H and O–H groups in total. The second-order valence-corrected chi connectivity index (χ2v) is 3.99. The van der Waals surface area contributed by atoms with Gasteiger partial charge in [-0.3, -0.25) is 4.84 Å². The highest BCUT2D eigenvalue weighted by Gasteiger charge is 1.95. The minimum Gasteiger partial charge on any atom is -0.368 e. The Morgan fingerprint density at radius 2 is 2.06 bits per heavy atom. The van der Waals surface area contributed by atoms with Crippen LogP contribution in [0.5, 0.6) is 0 Å². The molecule has 0 radical (unpaired) electrons. The van der Waals surface area contributed by atoms with Gasteiger partial charge in [-0.15, -0.1) is 0 Å². The van der Waals surface area contributed by atoms with Crippen molar-refractivity contribution in [2.24, 2.45) is 16.6 Å². The molecule has 0 aromatic heterocycles. The third-order valence-corrected chi connectivity index (χ3v) is 1.87. The molecule has 0 saturated heterocycles. The number of aliphatic imine (C=N–C) groups is 1. The van der Waals surface area contributed by atoms with Crippen molar-refractivity contribution in [3.05, 3.63) is 35.9 Å². The van der Waals surface area contributed by atoms with Gasteiger partial charge in [-0.2, -0.15) is 0 Å². The van der Waals surface area contributed by atoms with Crippen LogP contribution < -0.4 is 11.2 Å². The second kappa shape index (κ2) is 6.85. The van der Waals surface area contributed by atoms with E-state index < -0.39 is 0 Å². The molecule has 0 aliphatic carbocycles. The van der Waals surface area contributed by atoms with E-state index in [0.29, 0.717) is 25.0 Å². The normalized spacial score (nSPS) is 11.8. The van der Waals surface area contributed by atoms with Crippen molar-refractivity contribution >= 4 is 5.96 Å². The summed E-state index contributed by atoms with van der Waals surface area (Å²) in [4.78, 5) is 9.29. The summed E-state index contributed by atoms with van der Waals surface area (Å²) < 4.78 is 0. The zero-order valence-corrected chi connectivity index (χ0v) is 9.81. The highest BCUT2D eigenvalue weighted by Crippen LogP contribution is 1.99. The third-order valence-electron chi connectivity index (χ3n) is 1.87. The lowest BCUT2D eigenvalue weighted by atomic mass is 10.2. The number of rotatable bonds is 5. The number of nitrogens with two attached hydrogens (primary N) is 1.